The van der Waals surface area contributed by atoms with Crippen LogP contribution in [0.5, 0.6) is 0 Å². The molecule has 0 N–H and O–H groups in total. The number of benzene rings is 1. The van der Waals surface area contributed by atoms with E-state index in [9.17, 15) is 10.1 Å². The first-order valence-corrected chi connectivity index (χ1v) is 5.43. The summed E-state index contributed by atoms with van der Waals surface area (Å²) in [5, 5.41) is 15.4. The summed E-state index contributed by atoms with van der Waals surface area (Å²) in [7, 11) is 0. The van der Waals surface area contributed by atoms with Crippen molar-refractivity contribution in [2.75, 3.05) is 0 Å². The molecule has 0 unspecified atom stereocenters. The molecule has 5 nitrogen and oxygen atoms in total. The van der Waals surface area contributed by atoms with Crippen LogP contribution in [0.1, 0.15) is 5.56 Å². The van der Waals surface area contributed by atoms with Gasteiger partial charge in [-0.25, -0.2) is 0 Å². The van der Waals surface area contributed by atoms with E-state index in [-0.39, 0.29) is 5.82 Å². The Labute approximate surface area is 107 Å². The maximum Gasteiger partial charge on any atom is 0.389 e. The molecule has 1 aromatic heterocycles. The van der Waals surface area contributed by atoms with Crippen molar-refractivity contribution in [3.05, 3.63) is 56.2 Å². The fourth-order valence-electron chi connectivity index (χ4n) is 1.38. The van der Waals surface area contributed by atoms with Gasteiger partial charge in [-0.1, -0.05) is 23.2 Å². The summed E-state index contributed by atoms with van der Waals surface area (Å²) in [4.78, 5) is 9.92. The van der Waals surface area contributed by atoms with Gasteiger partial charge in [0.05, 0.1) is 23.9 Å². The monoisotopic (exact) mass is 271 g/mol. The average Bonchev–Trinajstić information content (AvgIpc) is 2.72. The lowest BCUT2D eigenvalue weighted by atomic mass is 10.2. The number of nitrogens with zero attached hydrogens (tertiary/aromatic N) is 3. The molecule has 7 heteroatoms. The van der Waals surface area contributed by atoms with Crippen LogP contribution in [0.4, 0.5) is 5.82 Å². The minimum atomic E-state index is -0.546. The fourth-order valence-corrected chi connectivity index (χ4v) is 1.75. The van der Waals surface area contributed by atoms with E-state index in [1.54, 1.807) is 18.2 Å². The maximum atomic E-state index is 10.5. The molecule has 0 aliphatic rings. The Kier molecular flexibility index (Phi) is 3.31. The molecule has 88 valence electrons. The van der Waals surface area contributed by atoms with E-state index < -0.39 is 4.92 Å². The normalized spacial score (nSPS) is 10.5. The van der Waals surface area contributed by atoms with Crippen LogP contribution in [0.3, 0.4) is 0 Å². The molecule has 0 aliphatic carbocycles. The number of rotatable bonds is 3. The predicted molar refractivity (Wildman–Crippen MR) is 64.4 cm³/mol. The molecule has 0 aliphatic heterocycles. The van der Waals surface area contributed by atoms with Gasteiger partial charge in [0.2, 0.25) is 0 Å². The van der Waals surface area contributed by atoms with Gasteiger partial charge in [-0.3, -0.25) is 0 Å². The van der Waals surface area contributed by atoms with Gasteiger partial charge in [-0.15, -0.1) is 0 Å². The predicted octanol–water partition coefficient (Wildman–Crippen LogP) is 3.15. The van der Waals surface area contributed by atoms with Gasteiger partial charge in [0.1, 0.15) is 0 Å². The summed E-state index contributed by atoms with van der Waals surface area (Å²) in [5.41, 5.74) is 0.761. The molecule has 0 radical (unpaired) electrons. The zero-order chi connectivity index (χ0) is 12.4. The van der Waals surface area contributed by atoms with E-state index in [0.29, 0.717) is 16.6 Å². The third-order valence-electron chi connectivity index (χ3n) is 2.15. The summed E-state index contributed by atoms with van der Waals surface area (Å²) in [6.45, 7) is 0.341. The van der Waals surface area contributed by atoms with Gasteiger partial charge in [-0.2, -0.15) is 4.68 Å². The quantitative estimate of drug-likeness (QED) is 0.637. The van der Waals surface area contributed by atoms with Gasteiger partial charge < -0.3 is 10.1 Å². The lowest BCUT2D eigenvalue weighted by molar-refractivity contribution is -0.389. The van der Waals surface area contributed by atoms with Crippen LogP contribution in [0.15, 0.2) is 30.5 Å². The van der Waals surface area contributed by atoms with Crippen LogP contribution in [-0.2, 0) is 6.54 Å². The molecule has 2 rings (SSSR count). The molecule has 0 bridgehead atoms. The first kappa shape index (κ1) is 11.9. The van der Waals surface area contributed by atoms with Crippen LogP contribution in [-0.4, -0.2) is 14.7 Å². The number of hydrogen-bond donors (Lipinski definition) is 0. The van der Waals surface area contributed by atoms with Crippen molar-refractivity contribution in [2.24, 2.45) is 0 Å². The van der Waals surface area contributed by atoms with Gasteiger partial charge in [0.15, 0.2) is 0 Å². The zero-order valence-electron chi connectivity index (χ0n) is 8.51. The molecule has 1 aromatic carbocycles. The molecule has 1 heterocycles. The first-order chi connectivity index (χ1) is 8.06. The van der Waals surface area contributed by atoms with E-state index >= 15 is 0 Å². The first-order valence-electron chi connectivity index (χ1n) is 4.68. The van der Waals surface area contributed by atoms with Crippen molar-refractivity contribution in [1.29, 1.82) is 0 Å². The highest BCUT2D eigenvalue weighted by Crippen LogP contribution is 2.21. The number of halogens is 2. The largest absolute Gasteiger partial charge is 0.389 e. The van der Waals surface area contributed by atoms with Crippen LogP contribution in [0.2, 0.25) is 10.0 Å². The lowest BCUT2D eigenvalue weighted by Crippen LogP contribution is -2.01. The Balaban J connectivity index is 2.25. The van der Waals surface area contributed by atoms with Crippen LogP contribution in [0.25, 0.3) is 0 Å². The maximum absolute atomic E-state index is 10.5. The van der Waals surface area contributed by atoms with Crippen LogP contribution in [0, 0.1) is 10.1 Å². The van der Waals surface area contributed by atoms with E-state index in [1.165, 1.54) is 16.9 Å². The second-order valence-electron chi connectivity index (χ2n) is 3.36. The van der Waals surface area contributed by atoms with Gasteiger partial charge in [0, 0.05) is 10.0 Å². The minimum Gasteiger partial charge on any atom is -0.358 e. The highest BCUT2D eigenvalue weighted by molar-refractivity contribution is 6.33. The van der Waals surface area contributed by atoms with Gasteiger partial charge >= 0.3 is 5.82 Å². The Hall–Kier alpha value is -1.59. The summed E-state index contributed by atoms with van der Waals surface area (Å²) in [6.07, 6.45) is 1.52. The highest BCUT2D eigenvalue weighted by atomic mass is 35.5. The molecule has 0 saturated heterocycles. The SMILES string of the molecule is O=[N+]([O-])c1ccn(Cc2cc(Cl)ccc2Cl)n1. The van der Waals surface area contributed by atoms with Crippen molar-refractivity contribution >= 4 is 29.0 Å². The number of hydrogen-bond acceptors (Lipinski definition) is 3. The fraction of sp³-hybridized carbons (Fsp3) is 0.100. The molecule has 0 saturated carbocycles. The van der Waals surface area contributed by atoms with E-state index in [0.717, 1.165) is 5.56 Å². The average molecular weight is 272 g/mol. The summed E-state index contributed by atoms with van der Waals surface area (Å²) in [6, 6.07) is 6.39. The number of aromatic nitrogens is 2. The molecule has 17 heavy (non-hydrogen) atoms. The Morgan fingerprint density at radius 1 is 1.35 bits per heavy atom. The molecular weight excluding hydrogens is 265 g/mol. The molecule has 0 spiro atoms. The van der Waals surface area contributed by atoms with Crippen molar-refractivity contribution in [3.63, 3.8) is 0 Å². The van der Waals surface area contributed by atoms with Crippen LogP contribution < -0.4 is 0 Å². The van der Waals surface area contributed by atoms with Crippen molar-refractivity contribution in [3.8, 4) is 0 Å². The van der Waals surface area contributed by atoms with E-state index in [2.05, 4.69) is 5.10 Å². The summed E-state index contributed by atoms with van der Waals surface area (Å²) >= 11 is 11.8. The van der Waals surface area contributed by atoms with Crippen molar-refractivity contribution < 1.29 is 4.92 Å². The second kappa shape index (κ2) is 4.73. The molecule has 2 aromatic rings. The van der Waals surface area contributed by atoms with E-state index in [1.807, 2.05) is 0 Å². The Morgan fingerprint density at radius 2 is 2.12 bits per heavy atom. The summed E-state index contributed by atoms with van der Waals surface area (Å²) in [5.74, 6) is -0.192. The lowest BCUT2D eigenvalue weighted by Gasteiger charge is -2.02. The van der Waals surface area contributed by atoms with Gasteiger partial charge in [0.25, 0.3) is 0 Å². The molecule has 0 atom stereocenters. The Morgan fingerprint density at radius 3 is 2.76 bits per heavy atom. The highest BCUT2D eigenvalue weighted by Gasteiger charge is 2.12. The third kappa shape index (κ3) is 2.75. The van der Waals surface area contributed by atoms with Crippen molar-refractivity contribution in [1.82, 2.24) is 9.78 Å². The number of nitro groups is 1. The smallest absolute Gasteiger partial charge is 0.358 e. The van der Waals surface area contributed by atoms with Crippen molar-refractivity contribution in [2.45, 2.75) is 6.54 Å². The third-order valence-corrected chi connectivity index (χ3v) is 2.76. The summed E-state index contributed by atoms with van der Waals surface area (Å²) < 4.78 is 1.44. The van der Waals surface area contributed by atoms with Gasteiger partial charge in [-0.05, 0) is 28.7 Å². The molecule has 0 fully saturated rings. The Bertz CT molecular complexity index is 568. The molecular formula is C10H7Cl2N3O2. The van der Waals surface area contributed by atoms with E-state index in [4.69, 9.17) is 23.2 Å². The zero-order valence-corrected chi connectivity index (χ0v) is 10.0. The standard InChI is InChI=1S/C10H7Cl2N3O2/c11-8-1-2-9(12)7(5-8)6-14-4-3-10(13-14)15(16)17/h1-5H,6H2. The molecule has 0 amide bonds. The second-order valence-corrected chi connectivity index (χ2v) is 4.21. The minimum absolute atomic E-state index is 0.192. The van der Waals surface area contributed by atoms with Crippen LogP contribution >= 0.6 is 23.2 Å². The topological polar surface area (TPSA) is 61.0 Å².